The minimum absolute atomic E-state index is 0.0845. The molecule has 1 aromatic carbocycles. The Morgan fingerprint density at radius 1 is 1.10 bits per heavy atom. The van der Waals surface area contributed by atoms with Gasteiger partial charge in [-0.15, -0.1) is 11.3 Å². The van der Waals surface area contributed by atoms with Crippen molar-refractivity contribution in [2.45, 2.75) is 33.3 Å². The second-order valence-electron chi connectivity index (χ2n) is 6.86. The van der Waals surface area contributed by atoms with Gasteiger partial charge in [0.15, 0.2) is 0 Å². The van der Waals surface area contributed by atoms with E-state index in [0.717, 1.165) is 16.3 Å². The molecule has 0 aliphatic carbocycles. The number of nitrogens with zero attached hydrogens (tertiary/aromatic N) is 1. The van der Waals surface area contributed by atoms with E-state index in [1.54, 1.807) is 0 Å². The van der Waals surface area contributed by atoms with Gasteiger partial charge in [0, 0.05) is 30.3 Å². The highest BCUT2D eigenvalue weighted by molar-refractivity contribution is 7.11. The molecule has 29 heavy (non-hydrogen) atoms. The fourth-order valence-electron chi connectivity index (χ4n) is 3.05. The van der Waals surface area contributed by atoms with E-state index in [2.05, 4.69) is 5.32 Å². The van der Waals surface area contributed by atoms with Gasteiger partial charge in [-0.3, -0.25) is 14.5 Å². The highest BCUT2D eigenvalue weighted by atomic mass is 32.1. The first-order valence-corrected chi connectivity index (χ1v) is 10.6. The molecule has 1 aromatic heterocycles. The van der Waals surface area contributed by atoms with Crippen LogP contribution >= 0.6 is 11.3 Å². The summed E-state index contributed by atoms with van der Waals surface area (Å²) in [6.45, 7) is 7.31. The quantitative estimate of drug-likeness (QED) is 0.467. The van der Waals surface area contributed by atoms with E-state index in [1.165, 1.54) is 16.2 Å². The molecular weight excluding hydrogens is 388 g/mol. The van der Waals surface area contributed by atoms with Gasteiger partial charge in [-0.2, -0.15) is 0 Å². The number of hydrogen-bond donors (Lipinski definition) is 1. The van der Waals surface area contributed by atoms with Crippen LogP contribution < -0.4 is 10.1 Å². The second-order valence-corrected chi connectivity index (χ2v) is 7.80. The van der Waals surface area contributed by atoms with Crippen molar-refractivity contribution in [1.82, 2.24) is 4.90 Å². The van der Waals surface area contributed by atoms with Crippen LogP contribution in [0.1, 0.15) is 32.1 Å². The van der Waals surface area contributed by atoms with Gasteiger partial charge in [0.1, 0.15) is 11.4 Å². The molecule has 3 rings (SSSR count). The zero-order chi connectivity index (χ0) is 20.8. The minimum atomic E-state index is -0.308. The average Bonchev–Trinajstić information content (AvgIpc) is 3.29. The molecule has 0 fully saturated rings. The maximum absolute atomic E-state index is 13.0. The first kappa shape index (κ1) is 21.1. The number of benzene rings is 1. The average molecular weight is 415 g/mol. The van der Waals surface area contributed by atoms with Crippen molar-refractivity contribution in [3.05, 3.63) is 52.4 Å². The summed E-state index contributed by atoms with van der Waals surface area (Å²) in [6.07, 6.45) is 0.693. The Morgan fingerprint density at radius 2 is 1.86 bits per heavy atom. The lowest BCUT2D eigenvalue weighted by molar-refractivity contribution is -0.137. The Hall–Kier alpha value is -2.64. The van der Waals surface area contributed by atoms with Gasteiger partial charge in [-0.1, -0.05) is 6.07 Å². The lowest BCUT2D eigenvalue weighted by Crippen LogP contribution is -2.33. The third kappa shape index (κ3) is 5.05. The molecule has 0 bridgehead atoms. The van der Waals surface area contributed by atoms with Crippen molar-refractivity contribution in [2.75, 3.05) is 25.1 Å². The molecule has 0 spiro atoms. The molecule has 2 amide bonds. The largest absolute Gasteiger partial charge is 0.491 e. The Bertz CT molecular complexity index is 873. The molecule has 6 nitrogen and oxygen atoms in total. The van der Waals surface area contributed by atoms with Crippen molar-refractivity contribution in [3.8, 4) is 5.75 Å². The van der Waals surface area contributed by atoms with Crippen LogP contribution in [0.4, 0.5) is 5.69 Å². The van der Waals surface area contributed by atoms with Gasteiger partial charge in [0.2, 0.25) is 0 Å². The van der Waals surface area contributed by atoms with Gasteiger partial charge in [-0.25, -0.2) is 0 Å². The van der Waals surface area contributed by atoms with Crippen LogP contribution in [0.5, 0.6) is 5.75 Å². The van der Waals surface area contributed by atoms with E-state index in [-0.39, 0.29) is 17.9 Å². The summed E-state index contributed by atoms with van der Waals surface area (Å²) < 4.78 is 11.0. The third-order valence-corrected chi connectivity index (χ3v) is 5.19. The summed E-state index contributed by atoms with van der Waals surface area (Å²) in [5.74, 6) is 0.179. The van der Waals surface area contributed by atoms with Crippen molar-refractivity contribution >= 4 is 34.4 Å². The zero-order valence-corrected chi connectivity index (χ0v) is 17.8. The number of ether oxygens (including phenoxy) is 2. The number of rotatable bonds is 10. The smallest absolute Gasteiger partial charge is 0.278 e. The monoisotopic (exact) mass is 414 g/mol. The maximum atomic E-state index is 13.0. The molecule has 2 aromatic rings. The maximum Gasteiger partial charge on any atom is 0.278 e. The highest BCUT2D eigenvalue weighted by Gasteiger charge is 2.39. The molecule has 0 atom stereocenters. The standard InChI is InChI=1S/C22H26N2O4S/c1-4-27-13-6-12-24-21(25)19(18-7-5-14-29-18)20(22(24)26)23-16-8-10-17(11-9-16)28-15(2)3/h5,7-11,14-15,23H,4,6,12-13H2,1-3H3. The van der Waals surface area contributed by atoms with Crippen LogP contribution in [0.25, 0.3) is 5.57 Å². The van der Waals surface area contributed by atoms with Gasteiger partial charge in [0.25, 0.3) is 11.8 Å². The van der Waals surface area contributed by atoms with E-state index in [1.807, 2.05) is 62.5 Å². The number of amides is 2. The Labute approximate surface area is 175 Å². The third-order valence-electron chi connectivity index (χ3n) is 4.31. The van der Waals surface area contributed by atoms with Gasteiger partial charge < -0.3 is 14.8 Å². The molecule has 2 heterocycles. The molecule has 0 radical (unpaired) electrons. The summed E-state index contributed by atoms with van der Waals surface area (Å²) in [4.78, 5) is 28.1. The van der Waals surface area contributed by atoms with Crippen LogP contribution in [0.2, 0.25) is 0 Å². The van der Waals surface area contributed by atoms with Crippen molar-refractivity contribution in [3.63, 3.8) is 0 Å². The Kier molecular flexibility index (Phi) is 7.06. The minimum Gasteiger partial charge on any atom is -0.491 e. The summed E-state index contributed by atoms with van der Waals surface area (Å²) in [7, 11) is 0. The van der Waals surface area contributed by atoms with Gasteiger partial charge >= 0.3 is 0 Å². The molecule has 1 aliphatic heterocycles. The van der Waals surface area contributed by atoms with E-state index in [9.17, 15) is 9.59 Å². The molecule has 7 heteroatoms. The number of hydrogen-bond acceptors (Lipinski definition) is 6. The van der Waals surface area contributed by atoms with E-state index in [4.69, 9.17) is 9.47 Å². The molecule has 1 aliphatic rings. The molecule has 154 valence electrons. The lowest BCUT2D eigenvalue weighted by atomic mass is 10.2. The van der Waals surface area contributed by atoms with Crippen LogP contribution in [-0.2, 0) is 14.3 Å². The Balaban J connectivity index is 1.82. The summed E-state index contributed by atoms with van der Waals surface area (Å²) >= 11 is 1.44. The number of carbonyl (C=O) groups excluding carboxylic acids is 2. The van der Waals surface area contributed by atoms with Crippen molar-refractivity contribution < 1.29 is 19.1 Å². The Morgan fingerprint density at radius 3 is 2.48 bits per heavy atom. The first-order valence-electron chi connectivity index (χ1n) is 9.77. The summed E-state index contributed by atoms with van der Waals surface area (Å²) in [5, 5.41) is 5.06. The van der Waals surface area contributed by atoms with Gasteiger partial charge in [-0.05, 0) is 62.9 Å². The number of anilines is 1. The van der Waals surface area contributed by atoms with Crippen LogP contribution in [0.3, 0.4) is 0 Å². The van der Waals surface area contributed by atoms with E-state index >= 15 is 0 Å². The van der Waals surface area contributed by atoms with E-state index in [0.29, 0.717) is 37.4 Å². The molecule has 0 unspecified atom stereocenters. The number of nitrogens with one attached hydrogen (secondary N) is 1. The highest BCUT2D eigenvalue weighted by Crippen LogP contribution is 2.33. The second kappa shape index (κ2) is 9.71. The fraction of sp³-hybridized carbons (Fsp3) is 0.364. The van der Waals surface area contributed by atoms with Crippen molar-refractivity contribution in [1.29, 1.82) is 0 Å². The van der Waals surface area contributed by atoms with Gasteiger partial charge in [0.05, 0.1) is 11.7 Å². The van der Waals surface area contributed by atoms with Crippen molar-refractivity contribution in [2.24, 2.45) is 0 Å². The molecule has 0 saturated heterocycles. The zero-order valence-electron chi connectivity index (χ0n) is 16.9. The molecular formula is C22H26N2O4S. The predicted molar refractivity (Wildman–Crippen MR) is 115 cm³/mol. The lowest BCUT2D eigenvalue weighted by Gasteiger charge is -2.15. The summed E-state index contributed by atoms with van der Waals surface area (Å²) in [5.41, 5.74) is 1.46. The van der Waals surface area contributed by atoms with Crippen LogP contribution in [0.15, 0.2) is 47.5 Å². The van der Waals surface area contributed by atoms with Crippen LogP contribution in [-0.4, -0.2) is 42.6 Å². The topological polar surface area (TPSA) is 67.9 Å². The molecule has 0 saturated carbocycles. The fourth-order valence-corrected chi connectivity index (χ4v) is 3.81. The number of imide groups is 1. The van der Waals surface area contributed by atoms with Crippen LogP contribution in [0, 0.1) is 0 Å². The predicted octanol–water partition coefficient (Wildman–Crippen LogP) is 4.15. The van der Waals surface area contributed by atoms with E-state index < -0.39 is 0 Å². The molecule has 1 N–H and O–H groups in total. The number of thiophene rings is 1. The normalized spacial score (nSPS) is 14.3. The first-order chi connectivity index (χ1) is 14.0. The number of carbonyl (C=O) groups is 2. The summed E-state index contributed by atoms with van der Waals surface area (Å²) in [6, 6.07) is 11.1. The SMILES string of the molecule is CCOCCCN1C(=O)C(Nc2ccc(OC(C)C)cc2)=C(c2cccs2)C1=O.